The summed E-state index contributed by atoms with van der Waals surface area (Å²) in [4.78, 5) is 26.1. The molecule has 1 saturated heterocycles. The largest absolute Gasteiger partial charge is 0.281 e. The summed E-state index contributed by atoms with van der Waals surface area (Å²) in [5.41, 5.74) is 0. The number of rotatable bonds is 5. The predicted molar refractivity (Wildman–Crippen MR) is 88.1 cm³/mol. The third-order valence-corrected chi connectivity index (χ3v) is 6.16. The number of amides is 2. The Bertz CT molecular complexity index is 386. The number of carbonyl (C=O) groups excluding carboxylic acids is 2. The standard InChI is InChI=1S/C17H29NO2S/c1-11(2)14-7-5-13(6-8-14)10-18-16(19)9-15(17(18)20)21-12(3)4/h11-15H,5-10H2,1-4H3. The maximum Gasteiger partial charge on any atom is 0.242 e. The molecular weight excluding hydrogens is 282 g/mol. The molecular formula is C17H29NO2S. The van der Waals surface area contributed by atoms with E-state index in [0.717, 1.165) is 11.8 Å². The quantitative estimate of drug-likeness (QED) is 0.726. The normalized spacial score (nSPS) is 30.8. The monoisotopic (exact) mass is 311 g/mol. The second-order valence-corrected chi connectivity index (χ2v) is 9.03. The Morgan fingerprint density at radius 3 is 2.24 bits per heavy atom. The highest BCUT2D eigenvalue weighted by atomic mass is 32.2. The summed E-state index contributed by atoms with van der Waals surface area (Å²) in [5, 5.41) is 0.262. The van der Waals surface area contributed by atoms with Crippen molar-refractivity contribution in [3.8, 4) is 0 Å². The van der Waals surface area contributed by atoms with Crippen LogP contribution in [0, 0.1) is 17.8 Å². The van der Waals surface area contributed by atoms with Crippen molar-refractivity contribution >= 4 is 23.6 Å². The van der Waals surface area contributed by atoms with Crippen LogP contribution in [0.2, 0.25) is 0 Å². The van der Waals surface area contributed by atoms with Crippen LogP contribution in [0.15, 0.2) is 0 Å². The van der Waals surface area contributed by atoms with Gasteiger partial charge in [0.15, 0.2) is 0 Å². The van der Waals surface area contributed by atoms with Gasteiger partial charge in [-0.1, -0.05) is 27.7 Å². The molecule has 2 amide bonds. The molecule has 1 saturated carbocycles. The fourth-order valence-corrected chi connectivity index (χ4v) is 4.71. The van der Waals surface area contributed by atoms with Gasteiger partial charge in [-0.15, -0.1) is 11.8 Å². The molecule has 0 radical (unpaired) electrons. The Morgan fingerprint density at radius 1 is 1.10 bits per heavy atom. The second kappa shape index (κ2) is 7.17. The van der Waals surface area contributed by atoms with Crippen molar-refractivity contribution in [2.75, 3.05) is 6.54 Å². The van der Waals surface area contributed by atoms with E-state index in [0.29, 0.717) is 24.1 Å². The zero-order chi connectivity index (χ0) is 15.6. The van der Waals surface area contributed by atoms with Gasteiger partial charge in [-0.3, -0.25) is 14.5 Å². The molecule has 0 aromatic heterocycles. The maximum absolute atomic E-state index is 12.4. The molecule has 4 heteroatoms. The number of imide groups is 1. The van der Waals surface area contributed by atoms with Crippen molar-refractivity contribution in [3.63, 3.8) is 0 Å². The van der Waals surface area contributed by atoms with E-state index in [1.807, 2.05) is 0 Å². The molecule has 2 fully saturated rings. The first kappa shape index (κ1) is 16.9. The summed E-state index contributed by atoms with van der Waals surface area (Å²) in [7, 11) is 0. The third kappa shape index (κ3) is 4.24. The summed E-state index contributed by atoms with van der Waals surface area (Å²) in [6.07, 6.45) is 5.25. The average Bonchev–Trinajstić information content (AvgIpc) is 2.66. The van der Waals surface area contributed by atoms with Crippen LogP contribution in [0.3, 0.4) is 0 Å². The molecule has 0 aromatic rings. The van der Waals surface area contributed by atoms with Crippen molar-refractivity contribution in [2.45, 2.75) is 70.3 Å². The van der Waals surface area contributed by atoms with Gasteiger partial charge in [-0.05, 0) is 48.7 Å². The summed E-state index contributed by atoms with van der Waals surface area (Å²) in [5.74, 6) is 2.22. The van der Waals surface area contributed by atoms with Gasteiger partial charge in [-0.2, -0.15) is 0 Å². The lowest BCUT2D eigenvalue weighted by Gasteiger charge is -2.32. The average molecular weight is 311 g/mol. The molecule has 3 nitrogen and oxygen atoms in total. The topological polar surface area (TPSA) is 37.4 Å². The first-order chi connectivity index (χ1) is 9.88. The van der Waals surface area contributed by atoms with Crippen LogP contribution >= 0.6 is 11.8 Å². The highest BCUT2D eigenvalue weighted by Crippen LogP contribution is 2.35. The van der Waals surface area contributed by atoms with Gasteiger partial charge >= 0.3 is 0 Å². The van der Waals surface area contributed by atoms with Crippen molar-refractivity contribution < 1.29 is 9.59 Å². The minimum atomic E-state index is -0.135. The van der Waals surface area contributed by atoms with E-state index in [1.165, 1.54) is 25.7 Å². The Morgan fingerprint density at radius 2 is 1.71 bits per heavy atom. The molecule has 1 aliphatic heterocycles. The van der Waals surface area contributed by atoms with E-state index in [1.54, 1.807) is 16.7 Å². The molecule has 1 unspecified atom stereocenters. The lowest BCUT2D eigenvalue weighted by Crippen LogP contribution is -2.37. The van der Waals surface area contributed by atoms with Gasteiger partial charge in [0.05, 0.1) is 5.25 Å². The van der Waals surface area contributed by atoms with Crippen molar-refractivity contribution in [3.05, 3.63) is 0 Å². The summed E-state index contributed by atoms with van der Waals surface area (Å²) in [6, 6.07) is 0. The molecule has 0 aromatic carbocycles. The molecule has 0 N–H and O–H groups in total. The van der Waals surface area contributed by atoms with Gasteiger partial charge in [0.25, 0.3) is 0 Å². The second-order valence-electron chi connectivity index (χ2n) is 7.25. The van der Waals surface area contributed by atoms with E-state index in [9.17, 15) is 9.59 Å². The number of likely N-dealkylation sites (tertiary alicyclic amines) is 1. The molecule has 1 heterocycles. The smallest absolute Gasteiger partial charge is 0.242 e. The van der Waals surface area contributed by atoms with Gasteiger partial charge in [0, 0.05) is 13.0 Å². The Balaban J connectivity index is 1.86. The van der Waals surface area contributed by atoms with E-state index in [2.05, 4.69) is 27.7 Å². The lowest BCUT2D eigenvalue weighted by atomic mass is 9.77. The molecule has 120 valence electrons. The zero-order valence-electron chi connectivity index (χ0n) is 13.8. The van der Waals surface area contributed by atoms with Crippen molar-refractivity contribution in [1.82, 2.24) is 4.90 Å². The molecule has 2 rings (SSSR count). The van der Waals surface area contributed by atoms with Crippen LogP contribution in [0.5, 0.6) is 0 Å². The SMILES string of the molecule is CC(C)SC1CC(=O)N(CC2CCC(C(C)C)CC2)C1=O. The maximum atomic E-state index is 12.4. The minimum Gasteiger partial charge on any atom is -0.281 e. The van der Waals surface area contributed by atoms with E-state index in [4.69, 9.17) is 0 Å². The van der Waals surface area contributed by atoms with Crippen LogP contribution in [0.1, 0.15) is 59.8 Å². The van der Waals surface area contributed by atoms with Gasteiger partial charge in [-0.25, -0.2) is 0 Å². The first-order valence-corrected chi connectivity index (χ1v) is 9.32. The molecule has 0 bridgehead atoms. The number of nitrogens with zero attached hydrogens (tertiary/aromatic N) is 1. The third-order valence-electron chi connectivity index (χ3n) is 4.91. The summed E-state index contributed by atoms with van der Waals surface area (Å²) >= 11 is 1.63. The molecule has 1 atom stereocenters. The predicted octanol–water partition coefficient (Wildman–Crippen LogP) is 3.72. The molecule has 0 spiro atoms. The highest BCUT2D eigenvalue weighted by Gasteiger charge is 2.40. The van der Waals surface area contributed by atoms with Crippen LogP contribution in [-0.2, 0) is 9.59 Å². The van der Waals surface area contributed by atoms with Gasteiger partial charge in [0.1, 0.15) is 0 Å². The molecule has 2 aliphatic rings. The van der Waals surface area contributed by atoms with E-state index < -0.39 is 0 Å². The lowest BCUT2D eigenvalue weighted by molar-refractivity contribution is -0.139. The molecule has 21 heavy (non-hydrogen) atoms. The number of hydrogen-bond donors (Lipinski definition) is 0. The Labute approximate surface area is 133 Å². The van der Waals surface area contributed by atoms with E-state index >= 15 is 0 Å². The van der Waals surface area contributed by atoms with Crippen molar-refractivity contribution in [2.24, 2.45) is 17.8 Å². The van der Waals surface area contributed by atoms with Crippen LogP contribution < -0.4 is 0 Å². The fraction of sp³-hybridized carbons (Fsp3) is 0.882. The number of hydrogen-bond acceptors (Lipinski definition) is 3. The Kier molecular flexibility index (Phi) is 5.75. The van der Waals surface area contributed by atoms with Gasteiger partial charge < -0.3 is 0 Å². The van der Waals surface area contributed by atoms with E-state index in [-0.39, 0.29) is 17.1 Å². The fourth-order valence-electron chi connectivity index (χ4n) is 3.58. The minimum absolute atomic E-state index is 0.0455. The van der Waals surface area contributed by atoms with Crippen LogP contribution in [-0.4, -0.2) is 33.8 Å². The van der Waals surface area contributed by atoms with Gasteiger partial charge in [0.2, 0.25) is 11.8 Å². The number of carbonyl (C=O) groups is 2. The van der Waals surface area contributed by atoms with Crippen LogP contribution in [0.25, 0.3) is 0 Å². The zero-order valence-corrected chi connectivity index (χ0v) is 14.6. The summed E-state index contributed by atoms with van der Waals surface area (Å²) in [6.45, 7) is 9.42. The van der Waals surface area contributed by atoms with Crippen LogP contribution in [0.4, 0.5) is 0 Å². The highest BCUT2D eigenvalue weighted by molar-refractivity contribution is 8.01. The number of thioether (sulfide) groups is 1. The first-order valence-electron chi connectivity index (χ1n) is 8.38. The Hall–Kier alpha value is -0.510. The summed E-state index contributed by atoms with van der Waals surface area (Å²) < 4.78 is 0. The van der Waals surface area contributed by atoms with Crippen molar-refractivity contribution in [1.29, 1.82) is 0 Å². The molecule has 1 aliphatic carbocycles.